The number of nitrogens with zero attached hydrogens (tertiary/aromatic N) is 3. The van der Waals surface area contributed by atoms with E-state index in [0.29, 0.717) is 0 Å². The number of carbonyl (C=O) groups is 1. The van der Waals surface area contributed by atoms with Gasteiger partial charge in [-0.1, -0.05) is 36.8 Å². The summed E-state index contributed by atoms with van der Waals surface area (Å²) in [6.45, 7) is 4.26. The molecule has 0 atom stereocenters. The number of hydrogen-bond acceptors (Lipinski definition) is 4. The number of amides is 1. The minimum absolute atomic E-state index is 0.552. The van der Waals surface area contributed by atoms with Gasteiger partial charge in [0.15, 0.2) is 0 Å². The van der Waals surface area contributed by atoms with Crippen LogP contribution in [0.5, 0.6) is 0 Å². The van der Waals surface area contributed by atoms with Gasteiger partial charge in [-0.2, -0.15) is 0 Å². The first-order valence-electron chi connectivity index (χ1n) is 10.1. The molecule has 0 aliphatic carbocycles. The first-order chi connectivity index (χ1) is 14.2. The van der Waals surface area contributed by atoms with Crippen molar-refractivity contribution in [2.24, 2.45) is 0 Å². The third-order valence-electron chi connectivity index (χ3n) is 5.43. The van der Waals surface area contributed by atoms with E-state index in [1.54, 1.807) is 11.6 Å². The van der Waals surface area contributed by atoms with E-state index in [-0.39, 0.29) is 0 Å². The molecule has 0 radical (unpaired) electrons. The van der Waals surface area contributed by atoms with Crippen LogP contribution in [-0.4, -0.2) is 45.2 Å². The van der Waals surface area contributed by atoms with Crippen LogP contribution in [0.4, 0.5) is 0 Å². The van der Waals surface area contributed by atoms with Gasteiger partial charge in [-0.3, -0.25) is 10.0 Å². The van der Waals surface area contributed by atoms with Gasteiger partial charge in [0.05, 0.1) is 11.0 Å². The van der Waals surface area contributed by atoms with Gasteiger partial charge in [0.2, 0.25) is 0 Å². The second-order valence-electron chi connectivity index (χ2n) is 7.41. The molecule has 3 aromatic rings. The predicted octanol–water partition coefficient (Wildman–Crippen LogP) is 3.71. The molecular formula is C23H26N4O2. The Morgan fingerprint density at radius 2 is 1.90 bits per heavy atom. The molecule has 6 nitrogen and oxygen atoms in total. The molecule has 0 bridgehead atoms. The van der Waals surface area contributed by atoms with E-state index in [1.807, 2.05) is 36.4 Å². The summed E-state index contributed by atoms with van der Waals surface area (Å²) < 4.78 is 2.30. The lowest BCUT2D eigenvalue weighted by molar-refractivity contribution is -0.124. The van der Waals surface area contributed by atoms with Crippen LogP contribution < -0.4 is 5.48 Å². The van der Waals surface area contributed by atoms with Crippen LogP contribution in [0.3, 0.4) is 0 Å². The SMILES string of the molecule is O=C(C=Cc1cccc(-c2nc3ccccc3n2CCN2CCCCC2)c1)NO. The van der Waals surface area contributed by atoms with Gasteiger partial charge in [-0.05, 0) is 55.8 Å². The second kappa shape index (κ2) is 9.03. The summed E-state index contributed by atoms with van der Waals surface area (Å²) in [7, 11) is 0. The average Bonchev–Trinajstić information content (AvgIpc) is 3.15. The number of likely N-dealkylation sites (tertiary alicyclic amines) is 1. The minimum atomic E-state index is -0.552. The fourth-order valence-electron chi connectivity index (χ4n) is 3.94. The van der Waals surface area contributed by atoms with Gasteiger partial charge in [0.25, 0.3) is 5.91 Å². The van der Waals surface area contributed by atoms with E-state index < -0.39 is 5.91 Å². The highest BCUT2D eigenvalue weighted by Gasteiger charge is 2.15. The van der Waals surface area contributed by atoms with Crippen LogP contribution in [0.25, 0.3) is 28.5 Å². The molecule has 0 spiro atoms. The summed E-state index contributed by atoms with van der Waals surface area (Å²) in [6, 6.07) is 16.2. The van der Waals surface area contributed by atoms with Crippen molar-refractivity contribution in [2.75, 3.05) is 19.6 Å². The minimum Gasteiger partial charge on any atom is -0.323 e. The lowest BCUT2D eigenvalue weighted by Gasteiger charge is -2.26. The molecule has 2 N–H and O–H groups in total. The smallest absolute Gasteiger partial charge is 0.267 e. The lowest BCUT2D eigenvalue weighted by atomic mass is 10.1. The zero-order chi connectivity index (χ0) is 20.1. The van der Waals surface area contributed by atoms with Gasteiger partial charge in [0, 0.05) is 24.7 Å². The van der Waals surface area contributed by atoms with E-state index in [4.69, 9.17) is 10.2 Å². The Labute approximate surface area is 170 Å². The summed E-state index contributed by atoms with van der Waals surface area (Å²) in [4.78, 5) is 18.7. The third-order valence-corrected chi connectivity index (χ3v) is 5.43. The molecule has 1 fully saturated rings. The van der Waals surface area contributed by atoms with Crippen molar-refractivity contribution in [1.82, 2.24) is 19.9 Å². The van der Waals surface area contributed by atoms with E-state index in [1.165, 1.54) is 38.4 Å². The maximum absolute atomic E-state index is 11.3. The molecule has 2 aromatic carbocycles. The molecule has 1 aliphatic heterocycles. The fourth-order valence-corrected chi connectivity index (χ4v) is 3.94. The largest absolute Gasteiger partial charge is 0.323 e. The number of para-hydroxylation sites is 2. The summed E-state index contributed by atoms with van der Waals surface area (Å²) in [5.41, 5.74) is 5.62. The van der Waals surface area contributed by atoms with Crippen molar-refractivity contribution in [3.63, 3.8) is 0 Å². The van der Waals surface area contributed by atoms with Gasteiger partial charge in [-0.25, -0.2) is 10.5 Å². The molecule has 0 saturated carbocycles. The van der Waals surface area contributed by atoms with Crippen molar-refractivity contribution in [3.05, 3.63) is 60.2 Å². The quantitative estimate of drug-likeness (QED) is 0.382. The van der Waals surface area contributed by atoms with E-state index >= 15 is 0 Å². The number of aromatic nitrogens is 2. The number of hydrogen-bond donors (Lipinski definition) is 2. The molecule has 1 aliphatic rings. The monoisotopic (exact) mass is 390 g/mol. The molecule has 1 aromatic heterocycles. The van der Waals surface area contributed by atoms with Crippen molar-refractivity contribution >= 4 is 23.0 Å². The highest BCUT2D eigenvalue weighted by atomic mass is 16.5. The molecule has 0 unspecified atom stereocenters. The lowest BCUT2D eigenvalue weighted by Crippen LogP contribution is -2.32. The highest BCUT2D eigenvalue weighted by Crippen LogP contribution is 2.26. The number of fused-ring (bicyclic) bond motifs is 1. The van der Waals surface area contributed by atoms with Crippen LogP contribution in [0.1, 0.15) is 24.8 Å². The van der Waals surface area contributed by atoms with Crippen molar-refractivity contribution in [1.29, 1.82) is 0 Å². The van der Waals surface area contributed by atoms with Gasteiger partial charge >= 0.3 is 0 Å². The third kappa shape index (κ3) is 4.55. The van der Waals surface area contributed by atoms with Gasteiger partial charge in [-0.15, -0.1) is 0 Å². The molecule has 29 heavy (non-hydrogen) atoms. The van der Waals surface area contributed by atoms with E-state index in [9.17, 15) is 4.79 Å². The number of carbonyl (C=O) groups excluding carboxylic acids is 1. The van der Waals surface area contributed by atoms with Crippen molar-refractivity contribution < 1.29 is 10.0 Å². The Kier molecular flexibility index (Phi) is 6.03. The summed E-state index contributed by atoms with van der Waals surface area (Å²) in [5, 5.41) is 8.66. The van der Waals surface area contributed by atoms with Crippen LogP contribution in [-0.2, 0) is 11.3 Å². The second-order valence-corrected chi connectivity index (χ2v) is 7.41. The number of benzene rings is 2. The molecule has 150 valence electrons. The van der Waals surface area contributed by atoms with Crippen LogP contribution in [0, 0.1) is 0 Å². The number of piperidine rings is 1. The predicted molar refractivity (Wildman–Crippen MR) is 114 cm³/mol. The summed E-state index contributed by atoms with van der Waals surface area (Å²) in [5.74, 6) is 0.384. The Bertz CT molecular complexity index is 1020. The van der Waals surface area contributed by atoms with E-state index in [0.717, 1.165) is 41.1 Å². The maximum atomic E-state index is 11.3. The molecule has 1 amide bonds. The molecule has 2 heterocycles. The van der Waals surface area contributed by atoms with Gasteiger partial charge < -0.3 is 9.47 Å². The normalized spacial score (nSPS) is 15.2. The Morgan fingerprint density at radius 1 is 1.07 bits per heavy atom. The Hall–Kier alpha value is -2.96. The van der Waals surface area contributed by atoms with Crippen molar-refractivity contribution in [3.8, 4) is 11.4 Å². The zero-order valence-corrected chi connectivity index (χ0v) is 16.4. The van der Waals surface area contributed by atoms with E-state index in [2.05, 4.69) is 21.6 Å². The average molecular weight is 390 g/mol. The topological polar surface area (TPSA) is 70.4 Å². The fraction of sp³-hybridized carbons (Fsp3) is 0.304. The molecule has 6 heteroatoms. The van der Waals surface area contributed by atoms with Gasteiger partial charge in [0.1, 0.15) is 5.82 Å². The first kappa shape index (κ1) is 19.4. The molecular weight excluding hydrogens is 364 g/mol. The van der Waals surface area contributed by atoms with Crippen LogP contribution in [0.15, 0.2) is 54.6 Å². The van der Waals surface area contributed by atoms with Crippen molar-refractivity contribution in [2.45, 2.75) is 25.8 Å². The number of nitrogens with one attached hydrogen (secondary N) is 1. The Balaban J connectivity index is 1.66. The summed E-state index contributed by atoms with van der Waals surface area (Å²) in [6.07, 6.45) is 6.89. The maximum Gasteiger partial charge on any atom is 0.267 e. The zero-order valence-electron chi connectivity index (χ0n) is 16.4. The summed E-state index contributed by atoms with van der Waals surface area (Å²) >= 11 is 0. The van der Waals surface area contributed by atoms with Crippen LogP contribution >= 0.6 is 0 Å². The number of rotatable bonds is 6. The highest BCUT2D eigenvalue weighted by molar-refractivity contribution is 5.91. The first-order valence-corrected chi connectivity index (χ1v) is 10.1. The molecule has 1 saturated heterocycles. The Morgan fingerprint density at radius 3 is 2.72 bits per heavy atom. The number of hydroxylamine groups is 1. The standard InChI is InChI=1S/C23H26N4O2/c28-22(25-29)12-11-18-7-6-8-19(17-18)23-24-20-9-2-3-10-21(20)27(23)16-15-26-13-4-1-5-14-26/h2-3,6-12,17,29H,1,4-5,13-16H2,(H,25,28). The number of imidazole rings is 1. The van der Waals surface area contributed by atoms with Crippen LogP contribution in [0.2, 0.25) is 0 Å². The molecule has 4 rings (SSSR count).